The summed E-state index contributed by atoms with van der Waals surface area (Å²) in [5, 5.41) is 13.6. The van der Waals surface area contributed by atoms with Crippen LogP contribution in [0.15, 0.2) is 121 Å². The van der Waals surface area contributed by atoms with Crippen molar-refractivity contribution in [2.75, 3.05) is 30.0 Å². The molecule has 11 nitrogen and oxygen atoms in total. The first kappa shape index (κ1) is 34.3. The molecule has 0 aromatic heterocycles. The smallest absolute Gasteiger partial charge is 0.335 e. The number of nitrogens with one attached hydrogen (secondary N) is 1. The van der Waals surface area contributed by atoms with Gasteiger partial charge in [-0.2, -0.15) is 0 Å². The van der Waals surface area contributed by atoms with E-state index >= 15 is 0 Å². The van der Waals surface area contributed by atoms with Crippen molar-refractivity contribution in [3.05, 3.63) is 164 Å². The molecule has 0 aliphatic carbocycles. The molecule has 5 aromatic rings. The molecule has 270 valence electrons. The van der Waals surface area contributed by atoms with Crippen LogP contribution in [-0.2, 0) is 16.2 Å². The van der Waals surface area contributed by atoms with Crippen molar-refractivity contribution in [3.63, 3.8) is 0 Å². The Hall–Kier alpha value is -6.75. The number of imide groups is 2. The van der Waals surface area contributed by atoms with Crippen LogP contribution < -0.4 is 24.6 Å². The van der Waals surface area contributed by atoms with Gasteiger partial charge in [0.25, 0.3) is 17.5 Å². The molecule has 0 unspecified atom stereocenters. The van der Waals surface area contributed by atoms with E-state index in [1.807, 2.05) is 48.5 Å². The van der Waals surface area contributed by atoms with Gasteiger partial charge in [-0.15, -0.1) is 0 Å². The van der Waals surface area contributed by atoms with E-state index in [1.165, 1.54) is 25.3 Å². The number of hydrogen-bond acceptors (Lipinski definition) is 8. The molecule has 3 aliphatic rings. The number of amides is 4. The van der Waals surface area contributed by atoms with Gasteiger partial charge >= 0.3 is 6.03 Å². The number of benzene rings is 5. The summed E-state index contributed by atoms with van der Waals surface area (Å²) in [6.07, 6.45) is 3.19. The van der Waals surface area contributed by atoms with Crippen LogP contribution in [0.5, 0.6) is 11.5 Å². The molecule has 0 saturated carbocycles. The topological polar surface area (TPSA) is 131 Å². The number of rotatable bonds is 9. The molecule has 2 atom stereocenters. The first-order valence-electron chi connectivity index (χ1n) is 17.8. The number of nitro benzene ring substituents is 1. The van der Waals surface area contributed by atoms with Gasteiger partial charge in [0.15, 0.2) is 11.5 Å². The van der Waals surface area contributed by atoms with Crippen molar-refractivity contribution in [3.8, 4) is 11.5 Å². The summed E-state index contributed by atoms with van der Waals surface area (Å²) in [4.78, 5) is 55.4. The fourth-order valence-electron chi connectivity index (χ4n) is 7.84. The lowest BCUT2D eigenvalue weighted by molar-refractivity contribution is -0.384. The maximum Gasteiger partial charge on any atom is 0.335 e. The van der Waals surface area contributed by atoms with Crippen LogP contribution in [-0.4, -0.2) is 43.0 Å². The summed E-state index contributed by atoms with van der Waals surface area (Å²) < 4.78 is 11.5. The number of ether oxygens (including phenoxy) is 2. The van der Waals surface area contributed by atoms with Gasteiger partial charge < -0.3 is 14.4 Å². The Bertz CT molecular complexity index is 2250. The van der Waals surface area contributed by atoms with E-state index in [0.29, 0.717) is 28.3 Å². The van der Waals surface area contributed by atoms with Crippen LogP contribution in [0.1, 0.15) is 58.1 Å². The van der Waals surface area contributed by atoms with Crippen molar-refractivity contribution in [2.24, 2.45) is 0 Å². The maximum atomic E-state index is 14.3. The minimum atomic E-state index is -0.812. The van der Waals surface area contributed by atoms with Crippen molar-refractivity contribution in [1.82, 2.24) is 5.32 Å². The molecule has 54 heavy (non-hydrogen) atoms. The van der Waals surface area contributed by atoms with Crippen LogP contribution in [0.25, 0.3) is 6.08 Å². The van der Waals surface area contributed by atoms with E-state index in [9.17, 15) is 24.5 Å². The number of carbonyl (C=O) groups excluding carboxylic acids is 3. The normalized spacial score (nSPS) is 18.6. The predicted molar refractivity (Wildman–Crippen MR) is 204 cm³/mol. The molecule has 1 fully saturated rings. The first-order chi connectivity index (χ1) is 26.3. The van der Waals surface area contributed by atoms with Gasteiger partial charge in [-0.05, 0) is 76.6 Å². The van der Waals surface area contributed by atoms with Crippen LogP contribution in [0.4, 0.5) is 21.9 Å². The fraction of sp³-hybridized carbons (Fsp3) is 0.186. The van der Waals surface area contributed by atoms with E-state index in [0.717, 1.165) is 58.8 Å². The number of nitro groups is 1. The third kappa shape index (κ3) is 6.44. The second kappa shape index (κ2) is 14.3. The molecule has 5 aromatic carbocycles. The molecule has 0 spiro atoms. The molecule has 8 rings (SSSR count). The summed E-state index contributed by atoms with van der Waals surface area (Å²) in [5.41, 5.74) is 6.78. The highest BCUT2D eigenvalue weighted by Crippen LogP contribution is 2.50. The van der Waals surface area contributed by atoms with Gasteiger partial charge in [-0.1, -0.05) is 78.9 Å². The number of non-ortho nitro benzene ring substituents is 1. The van der Waals surface area contributed by atoms with Crippen LogP contribution in [0, 0.1) is 10.1 Å². The number of methoxy groups -OCH3 is 1. The predicted octanol–water partition coefficient (Wildman–Crippen LogP) is 7.73. The van der Waals surface area contributed by atoms with Gasteiger partial charge in [0, 0.05) is 42.7 Å². The Kier molecular flexibility index (Phi) is 9.12. The maximum absolute atomic E-state index is 14.3. The van der Waals surface area contributed by atoms with Crippen molar-refractivity contribution in [1.29, 1.82) is 0 Å². The number of urea groups is 1. The summed E-state index contributed by atoms with van der Waals surface area (Å²) in [6.45, 7) is 1.84. The number of hydrogen-bond donors (Lipinski definition) is 1. The zero-order valence-corrected chi connectivity index (χ0v) is 29.4. The average molecular weight is 721 g/mol. The molecule has 4 amide bonds. The van der Waals surface area contributed by atoms with Gasteiger partial charge in [0.1, 0.15) is 12.2 Å². The monoisotopic (exact) mass is 720 g/mol. The van der Waals surface area contributed by atoms with E-state index in [2.05, 4.69) is 34.5 Å². The van der Waals surface area contributed by atoms with E-state index in [4.69, 9.17) is 9.47 Å². The molecule has 3 aliphatic heterocycles. The van der Waals surface area contributed by atoms with Crippen molar-refractivity contribution < 1.29 is 28.8 Å². The summed E-state index contributed by atoms with van der Waals surface area (Å²) >= 11 is 0. The molecular formula is C43H36N4O7. The first-order valence-corrected chi connectivity index (χ1v) is 17.8. The number of carbonyl (C=O) groups is 3. The number of barbiturate groups is 1. The largest absolute Gasteiger partial charge is 0.493 e. The molecule has 0 bridgehead atoms. The lowest BCUT2D eigenvalue weighted by Crippen LogP contribution is -2.54. The van der Waals surface area contributed by atoms with Crippen molar-refractivity contribution >= 4 is 41.0 Å². The Morgan fingerprint density at radius 1 is 0.796 bits per heavy atom. The molecule has 11 heteroatoms. The third-order valence-corrected chi connectivity index (χ3v) is 10.4. The highest BCUT2D eigenvalue weighted by molar-refractivity contribution is 6.39. The zero-order chi connectivity index (χ0) is 37.3. The van der Waals surface area contributed by atoms with Crippen LogP contribution in [0.3, 0.4) is 0 Å². The number of nitrogens with zero attached hydrogens (tertiary/aromatic N) is 3. The zero-order valence-electron chi connectivity index (χ0n) is 29.4. The highest BCUT2D eigenvalue weighted by Gasteiger charge is 2.40. The summed E-state index contributed by atoms with van der Waals surface area (Å²) in [5.74, 6) is -0.757. The fourth-order valence-corrected chi connectivity index (χ4v) is 7.84. The Morgan fingerprint density at radius 3 is 2.06 bits per heavy atom. The van der Waals surface area contributed by atoms with Crippen molar-refractivity contribution in [2.45, 2.75) is 31.3 Å². The number of anilines is 2. The SMILES string of the molecule is COc1cc(/C=C2\C(=O)NC(=O)N(c3cc4c5c(c3)[C@H](c3ccccc3)CCN5CC[C@@H]4c3ccccc3)C2=O)ccc1OCc1cccc([N+](=O)[O-])c1. The Morgan fingerprint density at radius 2 is 1.44 bits per heavy atom. The molecule has 3 heterocycles. The van der Waals surface area contributed by atoms with Crippen LogP contribution in [0.2, 0.25) is 0 Å². The quantitative estimate of drug-likeness (QED) is 0.0709. The lowest BCUT2D eigenvalue weighted by atomic mass is 9.76. The van der Waals surface area contributed by atoms with E-state index < -0.39 is 22.8 Å². The standard InChI is InChI=1S/C43H36N4O7/c1-53-39-23-27(15-16-38(39)54-26-28-9-8-14-31(21-28)47(51)52)22-37-41(48)44-43(50)46(42(37)49)32-24-35-33(29-10-4-2-5-11-29)17-19-45-20-18-34(36(25-32)40(35)45)30-12-6-3-7-13-30/h2-16,21-25,33-34H,17-20,26H2,1H3,(H,44,48,50)/b37-22+/t33-,34+. The minimum absolute atomic E-state index is 0.0446. The van der Waals surface area contributed by atoms with Gasteiger partial charge in [-0.25, -0.2) is 9.69 Å². The second-order valence-corrected chi connectivity index (χ2v) is 13.5. The summed E-state index contributed by atoms with van der Waals surface area (Å²) in [7, 11) is 1.46. The van der Waals surface area contributed by atoms with Gasteiger partial charge in [-0.3, -0.25) is 25.0 Å². The summed E-state index contributed by atoms with van der Waals surface area (Å²) in [6, 6.07) is 34.7. The second-order valence-electron chi connectivity index (χ2n) is 13.5. The van der Waals surface area contributed by atoms with E-state index in [1.54, 1.807) is 30.3 Å². The Labute approximate surface area is 311 Å². The molecule has 1 N–H and O–H groups in total. The Balaban J connectivity index is 1.15. The minimum Gasteiger partial charge on any atom is -0.493 e. The third-order valence-electron chi connectivity index (χ3n) is 10.4. The highest BCUT2D eigenvalue weighted by atomic mass is 16.6. The van der Waals surface area contributed by atoms with Crippen LogP contribution >= 0.6 is 0 Å². The van der Waals surface area contributed by atoms with Gasteiger partial charge in [0.05, 0.1) is 17.7 Å². The molecular weight excluding hydrogens is 684 g/mol. The average Bonchev–Trinajstić information content (AvgIpc) is 3.19. The lowest BCUT2D eigenvalue weighted by Gasteiger charge is -2.44. The molecule has 1 saturated heterocycles. The van der Waals surface area contributed by atoms with E-state index in [-0.39, 0.29) is 29.7 Å². The van der Waals surface area contributed by atoms with Gasteiger partial charge in [0.2, 0.25) is 0 Å². The molecule has 0 radical (unpaired) electrons.